The summed E-state index contributed by atoms with van der Waals surface area (Å²) in [7, 11) is 0. The third-order valence-corrected chi connectivity index (χ3v) is 4.82. The van der Waals surface area contributed by atoms with Crippen LogP contribution in [0.15, 0.2) is 91.5 Å². The number of hydrogen-bond acceptors (Lipinski definition) is 4. The van der Waals surface area contributed by atoms with E-state index in [0.717, 1.165) is 27.5 Å². The van der Waals surface area contributed by atoms with Gasteiger partial charge in [0, 0.05) is 37.9 Å². The van der Waals surface area contributed by atoms with Gasteiger partial charge < -0.3 is 5.32 Å². The Kier molecular flexibility index (Phi) is 5.88. The van der Waals surface area contributed by atoms with Gasteiger partial charge in [-0.05, 0) is 51.7 Å². The monoisotopic (exact) mass is 382 g/mol. The summed E-state index contributed by atoms with van der Waals surface area (Å²) in [6.45, 7) is 1.01. The van der Waals surface area contributed by atoms with Gasteiger partial charge in [-0.15, -0.1) is 0 Å². The first kappa shape index (κ1) is 18.8. The minimum atomic E-state index is -0.468. The molecule has 0 aliphatic carbocycles. The van der Waals surface area contributed by atoms with Gasteiger partial charge in [-0.3, -0.25) is 20.1 Å². The fourth-order valence-corrected chi connectivity index (χ4v) is 3.26. The van der Waals surface area contributed by atoms with Crippen LogP contribution in [0.2, 0.25) is 0 Å². The van der Waals surface area contributed by atoms with E-state index in [4.69, 9.17) is 0 Å². The van der Waals surface area contributed by atoms with Crippen LogP contribution >= 0.6 is 0 Å². The number of nitrogens with one attached hydrogen (secondary N) is 2. The average Bonchev–Trinajstić information content (AvgIpc) is 2.79. The van der Waals surface area contributed by atoms with Gasteiger partial charge in [0.25, 0.3) is 0 Å². The molecule has 4 rings (SSSR count). The molecule has 0 saturated carbocycles. The Labute approximate surface area is 169 Å². The van der Waals surface area contributed by atoms with Gasteiger partial charge in [0.2, 0.25) is 5.91 Å². The van der Waals surface area contributed by atoms with Crippen molar-refractivity contribution in [2.45, 2.75) is 19.1 Å². The molecule has 2 aromatic carbocycles. The van der Waals surface area contributed by atoms with Crippen molar-refractivity contribution in [3.63, 3.8) is 0 Å². The lowest BCUT2D eigenvalue weighted by atomic mass is 10.0. The number of hydrogen-bond donors (Lipinski definition) is 2. The summed E-state index contributed by atoms with van der Waals surface area (Å²) in [6, 6.07) is 21.5. The van der Waals surface area contributed by atoms with Crippen molar-refractivity contribution in [3.05, 3.63) is 108 Å². The molecule has 0 saturated heterocycles. The van der Waals surface area contributed by atoms with Gasteiger partial charge in [-0.1, -0.05) is 42.5 Å². The molecule has 1 unspecified atom stereocenters. The van der Waals surface area contributed by atoms with Crippen LogP contribution in [0, 0.1) is 0 Å². The van der Waals surface area contributed by atoms with Crippen LogP contribution in [0.25, 0.3) is 10.8 Å². The Morgan fingerprint density at radius 2 is 1.62 bits per heavy atom. The zero-order valence-electron chi connectivity index (χ0n) is 16.0. The van der Waals surface area contributed by atoms with E-state index in [-0.39, 0.29) is 5.91 Å². The van der Waals surface area contributed by atoms with E-state index in [1.54, 1.807) is 24.8 Å². The molecule has 2 heterocycles. The van der Waals surface area contributed by atoms with Gasteiger partial charge in [-0.2, -0.15) is 0 Å². The second-order valence-electron chi connectivity index (χ2n) is 6.86. The van der Waals surface area contributed by atoms with Crippen LogP contribution in [0.4, 0.5) is 0 Å². The summed E-state index contributed by atoms with van der Waals surface area (Å²) in [5.41, 5.74) is 2.97. The van der Waals surface area contributed by atoms with Crippen LogP contribution in [0.3, 0.4) is 0 Å². The smallest absolute Gasteiger partial charge is 0.242 e. The van der Waals surface area contributed by atoms with E-state index in [1.807, 2.05) is 42.5 Å². The second-order valence-corrected chi connectivity index (χ2v) is 6.86. The zero-order valence-corrected chi connectivity index (χ0v) is 16.0. The van der Waals surface area contributed by atoms with Crippen molar-refractivity contribution in [1.82, 2.24) is 20.6 Å². The van der Waals surface area contributed by atoms with E-state index >= 15 is 0 Å². The molecular weight excluding hydrogens is 360 g/mol. The molecule has 0 fully saturated rings. The van der Waals surface area contributed by atoms with E-state index in [1.165, 1.54) is 0 Å². The standard InChI is InChI=1S/C24H22N4O/c29-24(28-17-19-4-3-11-26-15-19)23(27-16-18-9-12-25-13-10-18)22-8-7-20-5-1-2-6-21(20)14-22/h1-15,23,27H,16-17H2,(H,28,29). The first-order valence-electron chi connectivity index (χ1n) is 9.57. The van der Waals surface area contributed by atoms with Crippen molar-refractivity contribution in [2.75, 3.05) is 0 Å². The number of benzene rings is 2. The van der Waals surface area contributed by atoms with E-state index in [0.29, 0.717) is 13.1 Å². The molecule has 1 atom stereocenters. The summed E-state index contributed by atoms with van der Waals surface area (Å²) in [6.07, 6.45) is 6.99. The van der Waals surface area contributed by atoms with Crippen LogP contribution in [0.5, 0.6) is 0 Å². The van der Waals surface area contributed by atoms with Crippen LogP contribution < -0.4 is 10.6 Å². The third kappa shape index (κ3) is 4.83. The fraction of sp³-hybridized carbons (Fsp3) is 0.125. The van der Waals surface area contributed by atoms with E-state index < -0.39 is 6.04 Å². The predicted octanol–water partition coefficient (Wildman–Crippen LogP) is 3.78. The molecule has 29 heavy (non-hydrogen) atoms. The maximum atomic E-state index is 13.1. The van der Waals surface area contributed by atoms with E-state index in [9.17, 15) is 4.79 Å². The van der Waals surface area contributed by atoms with Gasteiger partial charge >= 0.3 is 0 Å². The van der Waals surface area contributed by atoms with Crippen LogP contribution in [-0.2, 0) is 17.9 Å². The Morgan fingerprint density at radius 3 is 2.41 bits per heavy atom. The summed E-state index contributed by atoms with van der Waals surface area (Å²) >= 11 is 0. The normalized spacial score (nSPS) is 11.9. The first-order valence-corrected chi connectivity index (χ1v) is 9.57. The van der Waals surface area contributed by atoms with Gasteiger partial charge in [0.1, 0.15) is 6.04 Å². The number of pyridine rings is 2. The summed E-state index contributed by atoms with van der Waals surface area (Å²) < 4.78 is 0. The number of rotatable bonds is 7. The highest BCUT2D eigenvalue weighted by Gasteiger charge is 2.20. The molecule has 0 bridgehead atoms. The molecule has 144 valence electrons. The number of carbonyl (C=O) groups excluding carboxylic acids is 1. The topological polar surface area (TPSA) is 66.9 Å². The van der Waals surface area contributed by atoms with Gasteiger partial charge in [-0.25, -0.2) is 0 Å². The van der Waals surface area contributed by atoms with Crippen LogP contribution in [-0.4, -0.2) is 15.9 Å². The Morgan fingerprint density at radius 1 is 0.793 bits per heavy atom. The van der Waals surface area contributed by atoms with Crippen molar-refractivity contribution in [1.29, 1.82) is 0 Å². The second kappa shape index (κ2) is 9.08. The number of carbonyl (C=O) groups is 1. The minimum absolute atomic E-state index is 0.0711. The third-order valence-electron chi connectivity index (χ3n) is 4.82. The Balaban J connectivity index is 1.55. The van der Waals surface area contributed by atoms with Crippen LogP contribution in [0.1, 0.15) is 22.7 Å². The molecule has 2 N–H and O–H groups in total. The predicted molar refractivity (Wildman–Crippen MR) is 114 cm³/mol. The fourth-order valence-electron chi connectivity index (χ4n) is 3.26. The molecule has 0 spiro atoms. The Hall–Kier alpha value is -3.57. The lowest BCUT2D eigenvalue weighted by molar-refractivity contribution is -0.123. The molecule has 2 aromatic heterocycles. The maximum absolute atomic E-state index is 13.1. The lowest BCUT2D eigenvalue weighted by Gasteiger charge is -2.20. The molecular formula is C24H22N4O. The highest BCUT2D eigenvalue weighted by atomic mass is 16.2. The maximum Gasteiger partial charge on any atom is 0.242 e. The van der Waals surface area contributed by atoms with Crippen molar-refractivity contribution < 1.29 is 4.79 Å². The molecule has 0 aliphatic heterocycles. The quantitative estimate of drug-likeness (QED) is 0.511. The first-order chi connectivity index (χ1) is 14.3. The Bertz CT molecular complexity index is 1080. The molecule has 4 aromatic rings. The van der Waals surface area contributed by atoms with Gasteiger partial charge in [0.15, 0.2) is 0 Å². The zero-order chi connectivity index (χ0) is 19.9. The highest BCUT2D eigenvalue weighted by molar-refractivity contribution is 5.87. The highest BCUT2D eigenvalue weighted by Crippen LogP contribution is 2.21. The number of fused-ring (bicyclic) bond motifs is 1. The number of nitrogens with zero attached hydrogens (tertiary/aromatic N) is 2. The molecule has 0 aliphatic rings. The number of aromatic nitrogens is 2. The molecule has 5 nitrogen and oxygen atoms in total. The van der Waals surface area contributed by atoms with Gasteiger partial charge in [0.05, 0.1) is 0 Å². The largest absolute Gasteiger partial charge is 0.350 e. The summed E-state index contributed by atoms with van der Waals surface area (Å²) in [5, 5.41) is 8.69. The minimum Gasteiger partial charge on any atom is -0.350 e. The molecule has 0 radical (unpaired) electrons. The lowest BCUT2D eigenvalue weighted by Crippen LogP contribution is -2.37. The summed E-state index contributed by atoms with van der Waals surface area (Å²) in [5.74, 6) is -0.0711. The SMILES string of the molecule is O=C(NCc1cccnc1)C(NCc1ccncc1)c1ccc2ccccc2c1. The number of amides is 1. The van der Waals surface area contributed by atoms with Crippen molar-refractivity contribution in [3.8, 4) is 0 Å². The van der Waals surface area contributed by atoms with Crippen molar-refractivity contribution >= 4 is 16.7 Å². The summed E-state index contributed by atoms with van der Waals surface area (Å²) in [4.78, 5) is 21.2. The van der Waals surface area contributed by atoms with Crippen molar-refractivity contribution in [2.24, 2.45) is 0 Å². The molecule has 1 amide bonds. The molecule has 5 heteroatoms. The van der Waals surface area contributed by atoms with E-state index in [2.05, 4.69) is 44.9 Å². The average molecular weight is 382 g/mol.